The van der Waals surface area contributed by atoms with Crippen molar-refractivity contribution in [2.75, 3.05) is 13.2 Å². The highest BCUT2D eigenvalue weighted by atomic mass is 16.5. The third-order valence-electron chi connectivity index (χ3n) is 3.65. The van der Waals surface area contributed by atoms with Crippen molar-refractivity contribution < 1.29 is 24.2 Å². The van der Waals surface area contributed by atoms with E-state index < -0.39 is 12.6 Å². The first-order valence-electron chi connectivity index (χ1n) is 8.37. The molecule has 0 saturated heterocycles. The molecule has 2 aromatic rings. The zero-order valence-electron chi connectivity index (χ0n) is 14.9. The molecule has 0 radical (unpaired) electrons. The van der Waals surface area contributed by atoms with E-state index in [1.54, 1.807) is 18.2 Å². The van der Waals surface area contributed by atoms with Crippen molar-refractivity contribution in [3.63, 3.8) is 0 Å². The number of carboxylic acid groups (broad SMARTS) is 1. The lowest BCUT2D eigenvalue weighted by Gasteiger charge is -2.11. The Morgan fingerprint density at radius 2 is 1.65 bits per heavy atom. The fraction of sp³-hybridized carbons (Fsp3) is 0.300. The summed E-state index contributed by atoms with van der Waals surface area (Å²) in [5.41, 5.74) is 1.96. The predicted octanol–water partition coefficient (Wildman–Crippen LogP) is 2.97. The number of rotatable bonds is 9. The number of hydrogen-bond acceptors (Lipinski definition) is 4. The van der Waals surface area contributed by atoms with Gasteiger partial charge in [0, 0.05) is 6.54 Å². The van der Waals surface area contributed by atoms with Crippen LogP contribution in [0.4, 0.5) is 0 Å². The van der Waals surface area contributed by atoms with Gasteiger partial charge in [0.1, 0.15) is 11.5 Å². The second-order valence-electron chi connectivity index (χ2n) is 6.12. The molecule has 0 atom stereocenters. The number of benzene rings is 2. The molecule has 0 aliphatic heterocycles. The maximum absolute atomic E-state index is 12.0. The van der Waals surface area contributed by atoms with Gasteiger partial charge in [-0.2, -0.15) is 0 Å². The van der Waals surface area contributed by atoms with Crippen molar-refractivity contribution in [1.29, 1.82) is 0 Å². The van der Waals surface area contributed by atoms with Crippen molar-refractivity contribution in [3.05, 3.63) is 59.7 Å². The first-order valence-corrected chi connectivity index (χ1v) is 8.37. The van der Waals surface area contributed by atoms with Crippen LogP contribution in [0.1, 0.15) is 30.9 Å². The fourth-order valence-corrected chi connectivity index (χ4v) is 2.25. The molecule has 0 aromatic heterocycles. The lowest BCUT2D eigenvalue weighted by atomic mass is 10.0. The minimum absolute atomic E-state index is 0.0727. The van der Waals surface area contributed by atoms with Crippen LogP contribution >= 0.6 is 0 Å². The Morgan fingerprint density at radius 1 is 1.00 bits per heavy atom. The Morgan fingerprint density at radius 3 is 2.35 bits per heavy atom. The van der Waals surface area contributed by atoms with Gasteiger partial charge in [0.05, 0.1) is 0 Å². The Bertz CT molecular complexity index is 757. The first-order chi connectivity index (χ1) is 12.4. The van der Waals surface area contributed by atoms with Gasteiger partial charge in [0.2, 0.25) is 0 Å². The molecule has 0 aliphatic rings. The van der Waals surface area contributed by atoms with Crippen LogP contribution in [0.3, 0.4) is 0 Å². The number of nitrogens with one attached hydrogen (secondary N) is 1. The van der Waals surface area contributed by atoms with Gasteiger partial charge < -0.3 is 19.9 Å². The van der Waals surface area contributed by atoms with Crippen LogP contribution in [0.2, 0.25) is 0 Å². The van der Waals surface area contributed by atoms with E-state index in [1.165, 1.54) is 0 Å². The molecular formula is C20H23NO5. The molecule has 138 valence electrons. The van der Waals surface area contributed by atoms with E-state index in [0.29, 0.717) is 24.0 Å². The molecule has 6 heteroatoms. The van der Waals surface area contributed by atoms with E-state index in [9.17, 15) is 9.59 Å². The minimum atomic E-state index is -1.04. The summed E-state index contributed by atoms with van der Waals surface area (Å²) in [5, 5.41) is 11.4. The van der Waals surface area contributed by atoms with E-state index in [-0.39, 0.29) is 12.5 Å². The maximum Gasteiger partial charge on any atom is 0.341 e. The number of ether oxygens (including phenoxy) is 2. The summed E-state index contributed by atoms with van der Waals surface area (Å²) in [6, 6.07) is 14.6. The molecule has 0 bridgehead atoms. The predicted molar refractivity (Wildman–Crippen MR) is 97.4 cm³/mol. The van der Waals surface area contributed by atoms with Gasteiger partial charge >= 0.3 is 5.97 Å². The maximum atomic E-state index is 12.0. The number of carbonyl (C=O) groups excluding carboxylic acids is 1. The normalized spacial score (nSPS) is 10.4. The van der Waals surface area contributed by atoms with Crippen molar-refractivity contribution in [3.8, 4) is 11.5 Å². The SMILES string of the molecule is CC(C)c1cccc(OCC(=O)NCc2cccc(OCC(=O)O)c2)c1. The topological polar surface area (TPSA) is 84.9 Å². The second-order valence-corrected chi connectivity index (χ2v) is 6.12. The summed E-state index contributed by atoms with van der Waals surface area (Å²) < 4.78 is 10.6. The van der Waals surface area contributed by atoms with Gasteiger partial charge in [-0.3, -0.25) is 4.79 Å². The van der Waals surface area contributed by atoms with Gasteiger partial charge in [0.25, 0.3) is 5.91 Å². The standard InChI is InChI=1S/C20H23NO5/c1-14(2)16-6-4-8-18(10-16)25-12-19(22)21-11-15-5-3-7-17(9-15)26-13-20(23)24/h3-10,14H,11-13H2,1-2H3,(H,21,22)(H,23,24). The van der Waals surface area contributed by atoms with Crippen LogP contribution < -0.4 is 14.8 Å². The largest absolute Gasteiger partial charge is 0.484 e. The van der Waals surface area contributed by atoms with Gasteiger partial charge in [-0.25, -0.2) is 4.79 Å². The Labute approximate surface area is 152 Å². The van der Waals surface area contributed by atoms with E-state index >= 15 is 0 Å². The van der Waals surface area contributed by atoms with E-state index in [1.807, 2.05) is 30.3 Å². The second kappa shape index (κ2) is 9.46. The quantitative estimate of drug-likeness (QED) is 0.721. The van der Waals surface area contributed by atoms with Crippen molar-refractivity contribution in [1.82, 2.24) is 5.32 Å². The smallest absolute Gasteiger partial charge is 0.341 e. The molecule has 0 fully saturated rings. The van der Waals surface area contributed by atoms with E-state index in [0.717, 1.165) is 11.1 Å². The molecule has 2 aromatic carbocycles. The summed E-state index contributed by atoms with van der Waals surface area (Å²) >= 11 is 0. The molecule has 0 heterocycles. The molecule has 0 unspecified atom stereocenters. The van der Waals surface area contributed by atoms with Gasteiger partial charge in [-0.05, 0) is 41.3 Å². The third kappa shape index (κ3) is 6.47. The highest BCUT2D eigenvalue weighted by molar-refractivity contribution is 5.77. The number of carboxylic acids is 1. The zero-order chi connectivity index (χ0) is 18.9. The molecule has 0 spiro atoms. The molecule has 0 saturated carbocycles. The van der Waals surface area contributed by atoms with Gasteiger partial charge in [0.15, 0.2) is 13.2 Å². The van der Waals surface area contributed by atoms with Crippen LogP contribution in [-0.4, -0.2) is 30.2 Å². The van der Waals surface area contributed by atoms with Crippen molar-refractivity contribution in [2.45, 2.75) is 26.3 Å². The van der Waals surface area contributed by atoms with E-state index in [2.05, 4.69) is 19.2 Å². The minimum Gasteiger partial charge on any atom is -0.484 e. The number of carbonyl (C=O) groups is 2. The monoisotopic (exact) mass is 357 g/mol. The zero-order valence-corrected chi connectivity index (χ0v) is 14.9. The van der Waals surface area contributed by atoms with Gasteiger partial charge in [-0.1, -0.05) is 38.1 Å². The average Bonchev–Trinajstić information content (AvgIpc) is 2.63. The molecule has 6 nitrogen and oxygen atoms in total. The third-order valence-corrected chi connectivity index (χ3v) is 3.65. The summed E-state index contributed by atoms with van der Waals surface area (Å²) in [4.78, 5) is 22.5. The molecule has 2 N–H and O–H groups in total. The molecule has 2 rings (SSSR count). The van der Waals surface area contributed by atoms with Gasteiger partial charge in [-0.15, -0.1) is 0 Å². The first kappa shape index (κ1) is 19.3. The summed E-state index contributed by atoms with van der Waals surface area (Å²) in [5.74, 6) is 0.221. The van der Waals surface area contributed by atoms with Crippen LogP contribution in [0, 0.1) is 0 Å². The summed E-state index contributed by atoms with van der Waals surface area (Å²) in [6.45, 7) is 4.02. The Hall–Kier alpha value is -3.02. The number of aliphatic carboxylic acids is 1. The van der Waals surface area contributed by atoms with Crippen LogP contribution in [0.25, 0.3) is 0 Å². The molecule has 0 aliphatic carbocycles. The van der Waals surface area contributed by atoms with Crippen LogP contribution in [0.15, 0.2) is 48.5 Å². The molecular weight excluding hydrogens is 334 g/mol. The van der Waals surface area contributed by atoms with Crippen molar-refractivity contribution >= 4 is 11.9 Å². The summed E-state index contributed by atoms with van der Waals surface area (Å²) in [7, 11) is 0. The van der Waals surface area contributed by atoms with Crippen LogP contribution in [-0.2, 0) is 16.1 Å². The number of hydrogen-bond donors (Lipinski definition) is 2. The Kier molecular flexibility index (Phi) is 7.02. The average molecular weight is 357 g/mol. The molecule has 1 amide bonds. The highest BCUT2D eigenvalue weighted by Gasteiger charge is 2.06. The summed E-state index contributed by atoms with van der Waals surface area (Å²) in [6.07, 6.45) is 0. The van der Waals surface area contributed by atoms with Crippen molar-refractivity contribution in [2.24, 2.45) is 0 Å². The van der Waals surface area contributed by atoms with Crippen LogP contribution in [0.5, 0.6) is 11.5 Å². The molecule has 26 heavy (non-hydrogen) atoms. The highest BCUT2D eigenvalue weighted by Crippen LogP contribution is 2.20. The fourth-order valence-electron chi connectivity index (χ4n) is 2.25. The van der Waals surface area contributed by atoms with E-state index in [4.69, 9.17) is 14.6 Å². The lowest BCUT2D eigenvalue weighted by Crippen LogP contribution is -2.28. The number of amides is 1. The lowest BCUT2D eigenvalue weighted by molar-refractivity contribution is -0.139. The Balaban J connectivity index is 1.81.